The second-order valence-electron chi connectivity index (χ2n) is 10.2. The standard InChI is InChI=1S/C30H27FN8O3/c1-17-27(18-5-3-2-4-6-18)23(14-33-17)36-30(42)25-12-21(31)15-38(25)26(40)16-39-24-8-7-19(20-9-10-34-35-13-20)11-22(24)28(37-39)29(32)41/h2-11,13-14,21,25,33H,12,15-16H2,1H3,(H2,32,41)(H,36,42). The Morgan fingerprint density at radius 3 is 2.62 bits per heavy atom. The molecule has 3 amide bonds. The fourth-order valence-electron chi connectivity index (χ4n) is 5.47. The summed E-state index contributed by atoms with van der Waals surface area (Å²) in [7, 11) is 0. The summed E-state index contributed by atoms with van der Waals surface area (Å²) in [6.45, 7) is 1.36. The van der Waals surface area contributed by atoms with Crippen LogP contribution in [0.1, 0.15) is 22.6 Å². The highest BCUT2D eigenvalue weighted by Crippen LogP contribution is 2.32. The molecule has 4 heterocycles. The van der Waals surface area contributed by atoms with Crippen molar-refractivity contribution < 1.29 is 18.8 Å². The van der Waals surface area contributed by atoms with E-state index in [9.17, 15) is 18.8 Å². The average Bonchev–Trinajstić information content (AvgIpc) is 3.68. The minimum Gasteiger partial charge on any atom is -0.364 e. The van der Waals surface area contributed by atoms with Crippen LogP contribution < -0.4 is 11.1 Å². The molecule has 42 heavy (non-hydrogen) atoms. The third-order valence-electron chi connectivity index (χ3n) is 7.46. The molecule has 2 atom stereocenters. The number of likely N-dealkylation sites (tertiary alicyclic amines) is 1. The molecular formula is C30H27FN8O3. The average molecular weight is 567 g/mol. The zero-order chi connectivity index (χ0) is 29.4. The quantitative estimate of drug-likeness (QED) is 0.274. The number of aryl methyl sites for hydroxylation is 1. The molecule has 1 fully saturated rings. The van der Waals surface area contributed by atoms with Crippen LogP contribution in [0.5, 0.6) is 0 Å². The highest BCUT2D eigenvalue weighted by Gasteiger charge is 2.40. The lowest BCUT2D eigenvalue weighted by atomic mass is 10.0. The van der Waals surface area contributed by atoms with E-state index < -0.39 is 29.9 Å². The number of hydrogen-bond acceptors (Lipinski definition) is 6. The van der Waals surface area contributed by atoms with E-state index in [-0.39, 0.29) is 25.2 Å². The smallest absolute Gasteiger partial charge is 0.269 e. The van der Waals surface area contributed by atoms with Crippen molar-refractivity contribution in [2.75, 3.05) is 11.9 Å². The van der Waals surface area contributed by atoms with Gasteiger partial charge in [-0.1, -0.05) is 36.4 Å². The number of primary amides is 1. The van der Waals surface area contributed by atoms with E-state index in [2.05, 4.69) is 25.6 Å². The minimum absolute atomic E-state index is 0.00276. The van der Waals surface area contributed by atoms with E-state index in [1.165, 1.54) is 9.58 Å². The number of H-pyrrole nitrogens is 1. The van der Waals surface area contributed by atoms with Crippen molar-refractivity contribution in [3.05, 3.63) is 84.6 Å². The van der Waals surface area contributed by atoms with Gasteiger partial charge in [-0.3, -0.25) is 19.1 Å². The molecule has 0 saturated carbocycles. The molecule has 12 heteroatoms. The zero-order valence-corrected chi connectivity index (χ0v) is 22.6. The van der Waals surface area contributed by atoms with E-state index in [1.54, 1.807) is 42.9 Å². The molecule has 0 radical (unpaired) electrons. The first-order valence-electron chi connectivity index (χ1n) is 13.4. The Balaban J connectivity index is 1.25. The minimum atomic E-state index is -1.36. The molecule has 0 bridgehead atoms. The van der Waals surface area contributed by atoms with Crippen LogP contribution in [0.4, 0.5) is 10.1 Å². The second-order valence-corrected chi connectivity index (χ2v) is 10.2. The number of nitrogens with zero attached hydrogens (tertiary/aromatic N) is 5. The maximum absolute atomic E-state index is 14.7. The number of carbonyl (C=O) groups excluding carboxylic acids is 3. The van der Waals surface area contributed by atoms with Gasteiger partial charge in [0.05, 0.1) is 30.1 Å². The predicted molar refractivity (Wildman–Crippen MR) is 154 cm³/mol. The molecular weight excluding hydrogens is 539 g/mol. The second kappa shape index (κ2) is 10.9. The maximum atomic E-state index is 14.7. The number of rotatable bonds is 7. The number of aromatic nitrogens is 5. The van der Waals surface area contributed by atoms with Gasteiger partial charge >= 0.3 is 0 Å². The molecule has 5 aromatic rings. The number of amides is 3. The van der Waals surface area contributed by atoms with Crippen molar-refractivity contribution in [2.24, 2.45) is 5.73 Å². The number of benzene rings is 2. The highest BCUT2D eigenvalue weighted by molar-refractivity contribution is 6.05. The molecule has 2 unspecified atom stereocenters. The number of alkyl halides is 1. The summed E-state index contributed by atoms with van der Waals surface area (Å²) in [5.74, 6) is -1.75. The van der Waals surface area contributed by atoms with Gasteiger partial charge < -0.3 is 20.9 Å². The van der Waals surface area contributed by atoms with Crippen LogP contribution in [-0.4, -0.2) is 66.3 Å². The number of fused-ring (bicyclic) bond motifs is 1. The lowest BCUT2D eigenvalue weighted by Crippen LogP contribution is -2.44. The number of nitrogens with one attached hydrogen (secondary N) is 2. The largest absolute Gasteiger partial charge is 0.364 e. The van der Waals surface area contributed by atoms with Crippen molar-refractivity contribution in [1.29, 1.82) is 0 Å². The Morgan fingerprint density at radius 1 is 1.07 bits per heavy atom. The summed E-state index contributed by atoms with van der Waals surface area (Å²) in [4.78, 5) is 43.5. The first-order valence-corrected chi connectivity index (χ1v) is 13.4. The monoisotopic (exact) mass is 566 g/mol. The molecule has 0 spiro atoms. The molecule has 11 nitrogen and oxygen atoms in total. The van der Waals surface area contributed by atoms with Crippen molar-refractivity contribution in [2.45, 2.75) is 32.1 Å². The molecule has 1 saturated heterocycles. The normalized spacial score (nSPS) is 16.6. The van der Waals surface area contributed by atoms with Crippen LogP contribution in [-0.2, 0) is 16.1 Å². The van der Waals surface area contributed by atoms with Crippen LogP contribution >= 0.6 is 0 Å². The predicted octanol–water partition coefficient (Wildman–Crippen LogP) is 3.47. The number of halogens is 1. The number of aromatic amines is 1. The Hall–Kier alpha value is -5.39. The molecule has 1 aliphatic rings. The van der Waals surface area contributed by atoms with E-state index in [4.69, 9.17) is 5.73 Å². The summed E-state index contributed by atoms with van der Waals surface area (Å²) in [6.07, 6.45) is 3.33. The van der Waals surface area contributed by atoms with Gasteiger partial charge in [0.2, 0.25) is 11.8 Å². The fraction of sp³-hybridized carbons (Fsp3) is 0.200. The van der Waals surface area contributed by atoms with E-state index in [0.717, 1.165) is 27.9 Å². The number of carbonyl (C=O) groups is 3. The van der Waals surface area contributed by atoms with Gasteiger partial charge in [0, 0.05) is 34.8 Å². The van der Waals surface area contributed by atoms with E-state index in [0.29, 0.717) is 16.6 Å². The first-order chi connectivity index (χ1) is 20.3. The van der Waals surface area contributed by atoms with Crippen molar-refractivity contribution in [3.8, 4) is 22.3 Å². The van der Waals surface area contributed by atoms with Gasteiger partial charge in [-0.25, -0.2) is 4.39 Å². The van der Waals surface area contributed by atoms with Crippen LogP contribution in [0.15, 0.2) is 73.2 Å². The third kappa shape index (κ3) is 4.98. The van der Waals surface area contributed by atoms with Gasteiger partial charge in [0.15, 0.2) is 5.69 Å². The molecule has 6 rings (SSSR count). The highest BCUT2D eigenvalue weighted by atomic mass is 19.1. The van der Waals surface area contributed by atoms with E-state index in [1.807, 2.05) is 37.3 Å². The van der Waals surface area contributed by atoms with Gasteiger partial charge in [-0.2, -0.15) is 15.3 Å². The van der Waals surface area contributed by atoms with Crippen LogP contribution in [0, 0.1) is 6.92 Å². The summed E-state index contributed by atoms with van der Waals surface area (Å²) in [6, 6.07) is 15.6. The Kier molecular flexibility index (Phi) is 6.95. The molecule has 2 aromatic carbocycles. The Morgan fingerprint density at radius 2 is 1.88 bits per heavy atom. The number of anilines is 1. The van der Waals surface area contributed by atoms with Gasteiger partial charge in [0.1, 0.15) is 18.8 Å². The molecule has 212 valence electrons. The SMILES string of the molecule is Cc1[nH]cc(NC(=O)C2CC(F)CN2C(=O)Cn2nc(C(N)=O)c3cc(-c4ccnnc4)ccc32)c1-c1ccccc1. The molecule has 4 N–H and O–H groups in total. The summed E-state index contributed by atoms with van der Waals surface area (Å²) in [5, 5.41) is 15.3. The van der Waals surface area contributed by atoms with Crippen molar-refractivity contribution in [1.82, 2.24) is 29.9 Å². The van der Waals surface area contributed by atoms with Gasteiger partial charge in [0.25, 0.3) is 5.91 Å². The molecule has 1 aliphatic heterocycles. The lowest BCUT2D eigenvalue weighted by Gasteiger charge is -2.24. The van der Waals surface area contributed by atoms with Crippen LogP contribution in [0.2, 0.25) is 0 Å². The molecule has 3 aromatic heterocycles. The number of hydrogen-bond donors (Lipinski definition) is 3. The number of nitrogens with two attached hydrogens (primary N) is 1. The van der Waals surface area contributed by atoms with Crippen molar-refractivity contribution in [3.63, 3.8) is 0 Å². The topological polar surface area (TPSA) is 152 Å². The summed E-state index contributed by atoms with van der Waals surface area (Å²) in [5.41, 5.74) is 10.8. The third-order valence-corrected chi connectivity index (χ3v) is 7.46. The van der Waals surface area contributed by atoms with Gasteiger partial charge in [-0.15, -0.1) is 0 Å². The van der Waals surface area contributed by atoms with E-state index >= 15 is 0 Å². The summed E-state index contributed by atoms with van der Waals surface area (Å²) >= 11 is 0. The molecule has 0 aliphatic carbocycles. The lowest BCUT2D eigenvalue weighted by molar-refractivity contribution is -0.137. The van der Waals surface area contributed by atoms with Gasteiger partial charge in [-0.05, 0) is 36.2 Å². The first kappa shape index (κ1) is 26.8. The maximum Gasteiger partial charge on any atom is 0.269 e. The Labute approximate surface area is 239 Å². The van der Waals surface area contributed by atoms with Crippen LogP contribution in [0.3, 0.4) is 0 Å². The zero-order valence-electron chi connectivity index (χ0n) is 22.6. The van der Waals surface area contributed by atoms with Crippen LogP contribution in [0.25, 0.3) is 33.2 Å². The fourth-order valence-corrected chi connectivity index (χ4v) is 5.47. The van der Waals surface area contributed by atoms with Crippen molar-refractivity contribution >= 4 is 34.3 Å². The Bertz CT molecular complexity index is 1800. The summed E-state index contributed by atoms with van der Waals surface area (Å²) < 4.78 is 16.0.